The number of aromatic nitrogens is 4. The van der Waals surface area contributed by atoms with Crippen molar-refractivity contribution in [2.24, 2.45) is 0 Å². The third-order valence-electron chi connectivity index (χ3n) is 3.06. The molecule has 0 radical (unpaired) electrons. The van der Waals surface area contributed by atoms with E-state index in [1.807, 2.05) is 30.3 Å². The van der Waals surface area contributed by atoms with Crippen molar-refractivity contribution < 1.29 is 14.3 Å². The fraction of sp³-hybridized carbons (Fsp3) is 0.267. The molecule has 0 aliphatic heterocycles. The van der Waals surface area contributed by atoms with Crippen molar-refractivity contribution in [1.29, 1.82) is 0 Å². The Kier molecular flexibility index (Phi) is 5.16. The van der Waals surface area contributed by atoms with Crippen LogP contribution >= 0.6 is 15.9 Å². The van der Waals surface area contributed by atoms with Gasteiger partial charge in [0.05, 0.1) is 25.5 Å². The first-order chi connectivity index (χ1) is 11.2. The second-order valence-corrected chi connectivity index (χ2v) is 5.84. The lowest BCUT2D eigenvalue weighted by Gasteiger charge is -2.09. The van der Waals surface area contributed by atoms with Crippen molar-refractivity contribution in [2.45, 2.75) is 19.3 Å². The van der Waals surface area contributed by atoms with Gasteiger partial charge in [-0.2, -0.15) is 4.80 Å². The first kappa shape index (κ1) is 15.9. The molecule has 7 nitrogen and oxygen atoms in total. The minimum absolute atomic E-state index is 0.163. The molecule has 0 fully saturated rings. The molecule has 0 saturated carbocycles. The van der Waals surface area contributed by atoms with Crippen molar-refractivity contribution in [3.8, 4) is 11.4 Å². The van der Waals surface area contributed by atoms with Crippen LogP contribution in [-0.2, 0) is 17.9 Å². The van der Waals surface area contributed by atoms with Gasteiger partial charge in [0.2, 0.25) is 5.82 Å². The summed E-state index contributed by atoms with van der Waals surface area (Å²) in [4.78, 5) is 1.36. The molecule has 3 rings (SSSR count). The highest BCUT2D eigenvalue weighted by molar-refractivity contribution is 9.10. The largest absolute Gasteiger partial charge is 0.467 e. The molecule has 2 aromatic heterocycles. The monoisotopic (exact) mass is 378 g/mol. The highest BCUT2D eigenvalue weighted by Gasteiger charge is 2.11. The molecule has 0 aliphatic carbocycles. The Bertz CT molecular complexity index is 728. The van der Waals surface area contributed by atoms with Crippen LogP contribution in [0.5, 0.6) is 0 Å². The molecule has 1 aromatic carbocycles. The van der Waals surface area contributed by atoms with Gasteiger partial charge >= 0.3 is 0 Å². The van der Waals surface area contributed by atoms with Crippen LogP contribution in [0.3, 0.4) is 0 Å². The minimum Gasteiger partial charge on any atom is -0.467 e. The SMILES string of the molecule is OC(COCc1ccco1)Cn1nnc(-c2ccc(Br)cc2)n1. The lowest BCUT2D eigenvalue weighted by Crippen LogP contribution is -2.23. The maximum absolute atomic E-state index is 9.96. The fourth-order valence-corrected chi connectivity index (χ4v) is 2.23. The van der Waals surface area contributed by atoms with E-state index >= 15 is 0 Å². The van der Waals surface area contributed by atoms with Crippen LogP contribution in [0.1, 0.15) is 5.76 Å². The predicted octanol–water partition coefficient (Wildman–Crippen LogP) is 2.27. The summed E-state index contributed by atoms with van der Waals surface area (Å²) >= 11 is 3.38. The Balaban J connectivity index is 1.51. The van der Waals surface area contributed by atoms with E-state index in [-0.39, 0.29) is 13.2 Å². The zero-order valence-electron chi connectivity index (χ0n) is 12.2. The van der Waals surface area contributed by atoms with Gasteiger partial charge in [0, 0.05) is 10.0 Å². The predicted molar refractivity (Wildman–Crippen MR) is 85.3 cm³/mol. The number of halogens is 1. The van der Waals surface area contributed by atoms with E-state index in [1.165, 1.54) is 4.80 Å². The smallest absolute Gasteiger partial charge is 0.204 e. The lowest BCUT2D eigenvalue weighted by atomic mass is 10.2. The summed E-state index contributed by atoms with van der Waals surface area (Å²) in [5, 5.41) is 22.1. The molecule has 1 atom stereocenters. The van der Waals surface area contributed by atoms with E-state index < -0.39 is 6.10 Å². The minimum atomic E-state index is -0.725. The van der Waals surface area contributed by atoms with Crippen molar-refractivity contribution >= 4 is 15.9 Å². The molecular weight excluding hydrogens is 364 g/mol. The number of nitrogens with zero attached hydrogens (tertiary/aromatic N) is 4. The van der Waals surface area contributed by atoms with Crippen LogP contribution in [-0.4, -0.2) is 38.0 Å². The zero-order chi connectivity index (χ0) is 16.1. The number of hydrogen-bond donors (Lipinski definition) is 1. The molecule has 0 amide bonds. The number of aliphatic hydroxyl groups is 1. The maximum Gasteiger partial charge on any atom is 0.204 e. The summed E-state index contributed by atoms with van der Waals surface area (Å²) in [7, 11) is 0. The van der Waals surface area contributed by atoms with E-state index in [4.69, 9.17) is 9.15 Å². The Hall–Kier alpha value is -2.03. The molecule has 0 aliphatic rings. The highest BCUT2D eigenvalue weighted by Crippen LogP contribution is 2.17. The third-order valence-corrected chi connectivity index (χ3v) is 3.59. The molecule has 3 aromatic rings. The van der Waals surface area contributed by atoms with E-state index in [0.29, 0.717) is 18.2 Å². The van der Waals surface area contributed by atoms with Crippen molar-refractivity contribution in [1.82, 2.24) is 20.2 Å². The molecule has 0 saturated heterocycles. The molecule has 0 bridgehead atoms. The molecule has 0 spiro atoms. The fourth-order valence-electron chi connectivity index (χ4n) is 1.97. The van der Waals surface area contributed by atoms with Crippen LogP contribution in [0.2, 0.25) is 0 Å². The van der Waals surface area contributed by atoms with E-state index in [0.717, 1.165) is 10.0 Å². The molecule has 23 heavy (non-hydrogen) atoms. The number of tetrazole rings is 1. The number of furan rings is 1. The van der Waals surface area contributed by atoms with Crippen LogP contribution in [0.25, 0.3) is 11.4 Å². The summed E-state index contributed by atoms with van der Waals surface area (Å²) in [5.74, 6) is 1.23. The lowest BCUT2D eigenvalue weighted by molar-refractivity contribution is 0.0111. The maximum atomic E-state index is 9.96. The normalized spacial score (nSPS) is 12.4. The molecule has 8 heteroatoms. The van der Waals surface area contributed by atoms with Crippen molar-refractivity contribution in [3.63, 3.8) is 0 Å². The molecule has 1 N–H and O–H groups in total. The third kappa shape index (κ3) is 4.47. The van der Waals surface area contributed by atoms with Crippen molar-refractivity contribution in [3.05, 3.63) is 52.9 Å². The number of rotatable bonds is 7. The van der Waals surface area contributed by atoms with E-state index in [2.05, 4.69) is 31.3 Å². The second kappa shape index (κ2) is 7.49. The summed E-state index contributed by atoms with van der Waals surface area (Å²) in [6.45, 7) is 0.691. The first-order valence-electron chi connectivity index (χ1n) is 7.02. The standard InChI is InChI=1S/C15H15BrN4O3/c16-12-5-3-11(4-6-12)15-17-19-20(18-15)8-13(21)9-22-10-14-2-1-7-23-14/h1-7,13,21H,8-10H2. The summed E-state index contributed by atoms with van der Waals surface area (Å²) in [6.07, 6.45) is 0.856. The Morgan fingerprint density at radius 1 is 1.26 bits per heavy atom. The number of hydrogen-bond acceptors (Lipinski definition) is 6. The van der Waals surface area contributed by atoms with Gasteiger partial charge in [-0.25, -0.2) is 0 Å². The number of benzene rings is 1. The topological polar surface area (TPSA) is 86.2 Å². The highest BCUT2D eigenvalue weighted by atomic mass is 79.9. The van der Waals surface area contributed by atoms with Gasteiger partial charge in [-0.3, -0.25) is 0 Å². The average Bonchev–Trinajstić information content (AvgIpc) is 3.20. The summed E-state index contributed by atoms with van der Waals surface area (Å²) in [5.41, 5.74) is 0.864. The first-order valence-corrected chi connectivity index (χ1v) is 7.82. The number of ether oxygens (including phenoxy) is 1. The van der Waals surface area contributed by atoms with E-state index in [1.54, 1.807) is 12.3 Å². The van der Waals surface area contributed by atoms with Gasteiger partial charge < -0.3 is 14.3 Å². The Morgan fingerprint density at radius 2 is 2.09 bits per heavy atom. The Morgan fingerprint density at radius 3 is 2.83 bits per heavy atom. The van der Waals surface area contributed by atoms with E-state index in [9.17, 15) is 5.11 Å². The second-order valence-electron chi connectivity index (χ2n) is 4.92. The summed E-state index contributed by atoms with van der Waals surface area (Å²) < 4.78 is 11.5. The average molecular weight is 379 g/mol. The summed E-state index contributed by atoms with van der Waals surface area (Å²) in [6, 6.07) is 11.2. The number of aliphatic hydroxyl groups excluding tert-OH is 1. The van der Waals surface area contributed by atoms with Crippen LogP contribution in [0.4, 0.5) is 0 Å². The van der Waals surface area contributed by atoms with Gasteiger partial charge in [0.15, 0.2) is 0 Å². The van der Waals surface area contributed by atoms with Crippen LogP contribution in [0, 0.1) is 0 Å². The van der Waals surface area contributed by atoms with Crippen LogP contribution < -0.4 is 0 Å². The van der Waals surface area contributed by atoms with Gasteiger partial charge in [-0.1, -0.05) is 15.9 Å². The molecule has 1 unspecified atom stereocenters. The Labute approximate surface area is 141 Å². The van der Waals surface area contributed by atoms with Crippen LogP contribution in [0.15, 0.2) is 51.6 Å². The molecular formula is C15H15BrN4O3. The van der Waals surface area contributed by atoms with Gasteiger partial charge in [0.1, 0.15) is 12.4 Å². The van der Waals surface area contributed by atoms with Crippen molar-refractivity contribution in [2.75, 3.05) is 6.61 Å². The van der Waals surface area contributed by atoms with Gasteiger partial charge in [-0.15, -0.1) is 10.2 Å². The van der Waals surface area contributed by atoms with Gasteiger partial charge in [-0.05, 0) is 41.6 Å². The quantitative estimate of drug-likeness (QED) is 0.678. The van der Waals surface area contributed by atoms with Gasteiger partial charge in [0.25, 0.3) is 0 Å². The zero-order valence-corrected chi connectivity index (χ0v) is 13.8. The molecule has 2 heterocycles. The molecule has 120 valence electrons.